The van der Waals surface area contributed by atoms with Gasteiger partial charge in [-0.05, 0) is 86.0 Å². The maximum Gasteiger partial charge on any atom is 0.155 e. The second-order valence-electron chi connectivity index (χ2n) is 9.49. The Bertz CT molecular complexity index is 605. The predicted molar refractivity (Wildman–Crippen MR) is 96.5 cm³/mol. The van der Waals surface area contributed by atoms with Crippen molar-refractivity contribution in [3.05, 3.63) is 24.3 Å². The first-order valence-corrected chi connectivity index (χ1v) is 9.91. The Kier molecular flexibility index (Phi) is 3.66. The summed E-state index contributed by atoms with van der Waals surface area (Å²) >= 11 is 0. The van der Waals surface area contributed by atoms with E-state index in [1.165, 1.54) is 18.4 Å². The Morgan fingerprint density at radius 2 is 1.92 bits per heavy atom. The number of rotatable bonds is 2. The first-order valence-electron chi connectivity index (χ1n) is 9.91. The van der Waals surface area contributed by atoms with Gasteiger partial charge in [0.15, 0.2) is 5.78 Å². The van der Waals surface area contributed by atoms with Crippen LogP contribution >= 0.6 is 0 Å². The van der Waals surface area contributed by atoms with Gasteiger partial charge in [-0.15, -0.1) is 6.58 Å². The minimum Gasteiger partial charge on any atom is -0.389 e. The molecule has 0 spiro atoms. The smallest absolute Gasteiger partial charge is 0.155 e. The zero-order valence-electron chi connectivity index (χ0n) is 15.3. The summed E-state index contributed by atoms with van der Waals surface area (Å²) in [4.78, 5) is 11.9. The van der Waals surface area contributed by atoms with Crippen molar-refractivity contribution >= 4 is 5.78 Å². The molecule has 0 bridgehead atoms. The predicted octanol–water partition coefficient (Wildman–Crippen LogP) is 4.83. The van der Waals surface area contributed by atoms with Gasteiger partial charge >= 0.3 is 0 Å². The lowest BCUT2D eigenvalue weighted by atomic mass is 9.46. The molecule has 3 saturated carbocycles. The van der Waals surface area contributed by atoms with Crippen molar-refractivity contribution in [1.29, 1.82) is 0 Å². The third-order valence-electron chi connectivity index (χ3n) is 8.77. The Labute approximate surface area is 146 Å². The lowest BCUT2D eigenvalue weighted by molar-refractivity contribution is -0.128. The van der Waals surface area contributed by atoms with Crippen LogP contribution in [-0.2, 0) is 4.79 Å². The summed E-state index contributed by atoms with van der Waals surface area (Å²) in [5.41, 5.74) is 1.16. The fourth-order valence-electron chi connectivity index (χ4n) is 7.24. The average Bonchev–Trinajstić information content (AvgIpc) is 2.80. The van der Waals surface area contributed by atoms with E-state index < -0.39 is 5.60 Å². The summed E-state index contributed by atoms with van der Waals surface area (Å²) in [6.45, 7) is 8.67. The van der Waals surface area contributed by atoms with Crippen LogP contribution in [0.15, 0.2) is 24.3 Å². The number of fused-ring (bicyclic) bond motifs is 5. The maximum absolute atomic E-state index is 11.9. The van der Waals surface area contributed by atoms with E-state index >= 15 is 0 Å². The highest BCUT2D eigenvalue weighted by atomic mass is 16.3. The van der Waals surface area contributed by atoms with Gasteiger partial charge in [0.2, 0.25) is 0 Å². The summed E-state index contributed by atoms with van der Waals surface area (Å²) in [5.74, 6) is 2.40. The van der Waals surface area contributed by atoms with Crippen LogP contribution in [-0.4, -0.2) is 16.5 Å². The quantitative estimate of drug-likeness (QED) is 0.738. The van der Waals surface area contributed by atoms with Crippen LogP contribution in [0.5, 0.6) is 0 Å². The standard InChI is InChI=1S/C22H32O2/c1-4-10-22(24)13-9-19-17-6-5-15-14-16(23)7-11-20(15,2)18(17)8-12-21(19,22)3/h4,14,17-19,24H,1,5-13H2,2-3H3/t17-,18+,19+,20-,21-,22-/m0/s1. The van der Waals surface area contributed by atoms with E-state index in [2.05, 4.69) is 20.4 Å². The molecule has 0 aromatic rings. The van der Waals surface area contributed by atoms with E-state index in [9.17, 15) is 9.90 Å². The minimum atomic E-state index is -0.552. The average molecular weight is 328 g/mol. The number of hydrogen-bond acceptors (Lipinski definition) is 2. The molecule has 0 unspecified atom stereocenters. The minimum absolute atomic E-state index is 0.0461. The van der Waals surface area contributed by atoms with Gasteiger partial charge in [-0.1, -0.05) is 25.5 Å². The summed E-state index contributed by atoms with van der Waals surface area (Å²) in [5, 5.41) is 11.3. The lowest BCUT2D eigenvalue weighted by Crippen LogP contribution is -2.54. The molecule has 4 aliphatic carbocycles. The molecule has 0 aromatic heterocycles. The van der Waals surface area contributed by atoms with E-state index in [1.807, 2.05) is 12.2 Å². The first-order chi connectivity index (χ1) is 11.3. The van der Waals surface area contributed by atoms with Crippen molar-refractivity contribution in [3.8, 4) is 0 Å². The Morgan fingerprint density at radius 1 is 1.17 bits per heavy atom. The van der Waals surface area contributed by atoms with Gasteiger partial charge < -0.3 is 5.11 Å². The van der Waals surface area contributed by atoms with E-state index in [1.54, 1.807) is 0 Å². The van der Waals surface area contributed by atoms with E-state index in [-0.39, 0.29) is 10.8 Å². The number of hydrogen-bond donors (Lipinski definition) is 1. The Hall–Kier alpha value is -0.890. The van der Waals surface area contributed by atoms with Gasteiger partial charge in [-0.2, -0.15) is 0 Å². The van der Waals surface area contributed by atoms with Crippen LogP contribution in [0.25, 0.3) is 0 Å². The normalized spacial score (nSPS) is 50.5. The molecular formula is C22H32O2. The Morgan fingerprint density at radius 3 is 2.67 bits per heavy atom. The van der Waals surface area contributed by atoms with Gasteiger partial charge in [0.1, 0.15) is 0 Å². The Balaban J connectivity index is 1.67. The molecule has 3 fully saturated rings. The van der Waals surface area contributed by atoms with Crippen molar-refractivity contribution in [3.63, 3.8) is 0 Å². The van der Waals surface area contributed by atoms with Crippen LogP contribution in [0.2, 0.25) is 0 Å². The number of allylic oxidation sites excluding steroid dienone is 1. The highest BCUT2D eigenvalue weighted by molar-refractivity contribution is 5.91. The van der Waals surface area contributed by atoms with Crippen LogP contribution in [0.1, 0.15) is 71.6 Å². The summed E-state index contributed by atoms with van der Waals surface area (Å²) in [7, 11) is 0. The molecule has 24 heavy (non-hydrogen) atoms. The highest BCUT2D eigenvalue weighted by Crippen LogP contribution is 2.68. The monoisotopic (exact) mass is 328 g/mol. The van der Waals surface area contributed by atoms with E-state index in [0.717, 1.165) is 50.9 Å². The second kappa shape index (κ2) is 5.30. The zero-order chi connectivity index (χ0) is 17.2. The van der Waals surface area contributed by atoms with Gasteiger partial charge in [0, 0.05) is 6.42 Å². The second-order valence-corrected chi connectivity index (χ2v) is 9.49. The van der Waals surface area contributed by atoms with Crippen molar-refractivity contribution in [2.45, 2.75) is 77.2 Å². The molecule has 0 aliphatic heterocycles. The molecule has 132 valence electrons. The van der Waals surface area contributed by atoms with Crippen LogP contribution in [0.4, 0.5) is 0 Å². The number of carbonyl (C=O) groups is 1. The molecule has 0 amide bonds. The van der Waals surface area contributed by atoms with Crippen LogP contribution < -0.4 is 0 Å². The van der Waals surface area contributed by atoms with Gasteiger partial charge in [0.25, 0.3) is 0 Å². The third kappa shape index (κ3) is 2.01. The molecule has 0 heterocycles. The number of aliphatic hydroxyl groups is 1. The molecule has 6 atom stereocenters. The molecule has 2 nitrogen and oxygen atoms in total. The highest BCUT2D eigenvalue weighted by Gasteiger charge is 2.63. The molecule has 4 aliphatic rings. The molecule has 2 heteroatoms. The summed E-state index contributed by atoms with van der Waals surface area (Å²) in [6.07, 6.45) is 13.1. The molecule has 0 radical (unpaired) electrons. The van der Waals surface area contributed by atoms with Crippen LogP contribution in [0, 0.1) is 28.6 Å². The lowest BCUT2D eigenvalue weighted by Gasteiger charge is -2.59. The van der Waals surface area contributed by atoms with Crippen molar-refractivity contribution < 1.29 is 9.90 Å². The molecule has 1 N–H and O–H groups in total. The van der Waals surface area contributed by atoms with Gasteiger partial charge in [-0.25, -0.2) is 0 Å². The summed E-state index contributed by atoms with van der Waals surface area (Å²) in [6, 6.07) is 0. The third-order valence-corrected chi connectivity index (χ3v) is 8.77. The van der Waals surface area contributed by atoms with E-state index in [4.69, 9.17) is 0 Å². The first kappa shape index (κ1) is 16.6. The molecular weight excluding hydrogens is 296 g/mol. The largest absolute Gasteiger partial charge is 0.389 e. The maximum atomic E-state index is 11.9. The van der Waals surface area contributed by atoms with Crippen molar-refractivity contribution in [2.75, 3.05) is 0 Å². The fraction of sp³-hybridized carbons (Fsp3) is 0.773. The number of ketones is 1. The topological polar surface area (TPSA) is 37.3 Å². The van der Waals surface area contributed by atoms with Gasteiger partial charge in [0.05, 0.1) is 5.60 Å². The van der Waals surface area contributed by atoms with Crippen molar-refractivity contribution in [2.24, 2.45) is 28.6 Å². The molecule has 4 rings (SSSR count). The van der Waals surface area contributed by atoms with Crippen molar-refractivity contribution in [1.82, 2.24) is 0 Å². The SMILES string of the molecule is C=CC[C@]1(O)CC[C@@H]2[C@H]3CCC4=CC(=O)CC[C@]4(C)[C@@H]3CC[C@@]21C. The zero-order valence-corrected chi connectivity index (χ0v) is 15.3. The molecule has 0 aromatic carbocycles. The molecule has 0 saturated heterocycles. The fourth-order valence-corrected chi connectivity index (χ4v) is 7.24. The number of carbonyl (C=O) groups excluding carboxylic acids is 1. The van der Waals surface area contributed by atoms with Gasteiger partial charge in [-0.3, -0.25) is 4.79 Å². The summed E-state index contributed by atoms with van der Waals surface area (Å²) < 4.78 is 0. The van der Waals surface area contributed by atoms with Crippen LogP contribution in [0.3, 0.4) is 0 Å². The van der Waals surface area contributed by atoms with E-state index in [0.29, 0.717) is 17.6 Å².